The minimum Gasteiger partial charge on any atom is -0.316 e. The van der Waals surface area contributed by atoms with Crippen molar-refractivity contribution >= 4 is 27.3 Å². The Hall–Kier alpha value is 0.140. The third kappa shape index (κ3) is 4.72. The summed E-state index contributed by atoms with van der Waals surface area (Å²) in [6.07, 6.45) is 6.42. The summed E-state index contributed by atoms with van der Waals surface area (Å²) in [5.74, 6) is 0.800. The van der Waals surface area contributed by atoms with E-state index in [4.69, 9.17) is 0 Å². The molecule has 0 aliphatic heterocycles. The summed E-state index contributed by atoms with van der Waals surface area (Å²) in [5, 5.41) is 5.68. The molecule has 0 aliphatic rings. The van der Waals surface area contributed by atoms with Gasteiger partial charge in [-0.15, -0.1) is 11.3 Å². The molecular formula is C14H24BrNS. The Morgan fingerprint density at radius 2 is 2.18 bits per heavy atom. The lowest BCUT2D eigenvalue weighted by Gasteiger charge is -2.25. The fourth-order valence-electron chi connectivity index (χ4n) is 2.33. The minimum absolute atomic E-state index is 0.612. The van der Waals surface area contributed by atoms with Gasteiger partial charge in [0.05, 0.1) is 0 Å². The lowest BCUT2D eigenvalue weighted by Crippen LogP contribution is -2.35. The van der Waals surface area contributed by atoms with Crippen LogP contribution in [0.2, 0.25) is 0 Å². The molecule has 0 saturated heterocycles. The Bertz CT molecular complexity index is 311. The second-order valence-electron chi connectivity index (χ2n) is 4.60. The molecule has 0 aliphatic carbocycles. The van der Waals surface area contributed by atoms with Gasteiger partial charge in [-0.05, 0) is 53.2 Å². The lowest BCUT2D eigenvalue weighted by molar-refractivity contribution is 0.331. The summed E-state index contributed by atoms with van der Waals surface area (Å²) in [6, 6.07) is 2.76. The molecule has 1 heterocycles. The molecular weight excluding hydrogens is 294 g/mol. The maximum atomic E-state index is 3.63. The molecule has 1 aromatic rings. The van der Waals surface area contributed by atoms with Crippen LogP contribution in [0.25, 0.3) is 0 Å². The normalized spacial score (nSPS) is 14.8. The number of hydrogen-bond acceptors (Lipinski definition) is 2. The summed E-state index contributed by atoms with van der Waals surface area (Å²) < 4.78 is 1.27. The van der Waals surface area contributed by atoms with E-state index in [1.807, 2.05) is 11.3 Å². The van der Waals surface area contributed by atoms with Crippen molar-refractivity contribution < 1.29 is 0 Å². The summed E-state index contributed by atoms with van der Waals surface area (Å²) in [6.45, 7) is 4.59. The summed E-state index contributed by atoms with van der Waals surface area (Å²) in [5.41, 5.74) is 0. The van der Waals surface area contributed by atoms with Crippen LogP contribution in [0.1, 0.15) is 44.4 Å². The molecule has 0 radical (unpaired) electrons. The largest absolute Gasteiger partial charge is 0.316 e. The van der Waals surface area contributed by atoms with Gasteiger partial charge in [-0.25, -0.2) is 0 Å². The monoisotopic (exact) mass is 317 g/mol. The Labute approximate surface area is 118 Å². The second-order valence-corrected chi connectivity index (χ2v) is 6.46. The fourth-order valence-corrected chi connectivity index (χ4v) is 3.91. The van der Waals surface area contributed by atoms with E-state index in [9.17, 15) is 0 Å². The van der Waals surface area contributed by atoms with Crippen LogP contribution in [0, 0.1) is 5.92 Å². The minimum atomic E-state index is 0.612. The van der Waals surface area contributed by atoms with Crippen molar-refractivity contribution in [2.45, 2.75) is 52.0 Å². The zero-order valence-electron chi connectivity index (χ0n) is 11.1. The van der Waals surface area contributed by atoms with E-state index in [0.717, 1.165) is 12.3 Å². The van der Waals surface area contributed by atoms with Crippen molar-refractivity contribution in [3.63, 3.8) is 0 Å². The number of thiophene rings is 1. The van der Waals surface area contributed by atoms with Gasteiger partial charge in [0.1, 0.15) is 0 Å². The molecule has 0 spiro atoms. The van der Waals surface area contributed by atoms with E-state index in [1.165, 1.54) is 35.0 Å². The highest BCUT2D eigenvalue weighted by Gasteiger charge is 2.19. The summed E-state index contributed by atoms with van der Waals surface area (Å²) in [4.78, 5) is 1.47. The molecule has 1 rings (SSSR count). The van der Waals surface area contributed by atoms with Crippen LogP contribution < -0.4 is 5.32 Å². The Morgan fingerprint density at radius 1 is 1.41 bits per heavy atom. The molecule has 1 aromatic heterocycles. The Morgan fingerprint density at radius 3 is 2.65 bits per heavy atom. The Kier molecular flexibility index (Phi) is 7.40. The zero-order chi connectivity index (χ0) is 12.7. The molecule has 0 bridgehead atoms. The predicted molar refractivity (Wildman–Crippen MR) is 81.9 cm³/mol. The van der Waals surface area contributed by atoms with Crippen molar-refractivity contribution in [1.82, 2.24) is 5.32 Å². The molecule has 2 unspecified atom stereocenters. The average molecular weight is 318 g/mol. The highest BCUT2D eigenvalue weighted by atomic mass is 79.9. The molecule has 2 atom stereocenters. The van der Waals surface area contributed by atoms with Crippen molar-refractivity contribution in [3.05, 3.63) is 20.8 Å². The van der Waals surface area contributed by atoms with E-state index in [1.54, 1.807) is 0 Å². The SMILES string of the molecule is CCCCC(CC)C(Cc1sccc1Br)NC. The quantitative estimate of drug-likeness (QED) is 0.722. The van der Waals surface area contributed by atoms with Crippen molar-refractivity contribution in [3.8, 4) is 0 Å². The molecule has 3 heteroatoms. The standard InChI is InChI=1S/C14H24BrNS/c1-4-6-7-11(5-2)13(16-3)10-14-12(15)8-9-17-14/h8-9,11,13,16H,4-7,10H2,1-3H3. The number of nitrogens with one attached hydrogen (secondary N) is 1. The van der Waals surface area contributed by atoms with Crippen LogP contribution in [0.5, 0.6) is 0 Å². The maximum Gasteiger partial charge on any atom is 0.0314 e. The van der Waals surface area contributed by atoms with E-state index in [2.05, 4.69) is 53.6 Å². The number of halogens is 1. The van der Waals surface area contributed by atoms with Gasteiger partial charge in [-0.1, -0.05) is 33.1 Å². The third-order valence-corrected chi connectivity index (χ3v) is 5.44. The highest BCUT2D eigenvalue weighted by molar-refractivity contribution is 9.10. The van der Waals surface area contributed by atoms with Crippen molar-refractivity contribution in [2.75, 3.05) is 7.05 Å². The molecule has 98 valence electrons. The van der Waals surface area contributed by atoms with Crippen LogP contribution in [-0.4, -0.2) is 13.1 Å². The van der Waals surface area contributed by atoms with Gasteiger partial charge in [-0.2, -0.15) is 0 Å². The van der Waals surface area contributed by atoms with Gasteiger partial charge in [-0.3, -0.25) is 0 Å². The Balaban J connectivity index is 2.59. The fraction of sp³-hybridized carbons (Fsp3) is 0.714. The number of rotatable bonds is 8. The molecule has 0 fully saturated rings. The average Bonchev–Trinajstić information content (AvgIpc) is 2.74. The van der Waals surface area contributed by atoms with Gasteiger partial charge in [0.2, 0.25) is 0 Å². The second kappa shape index (κ2) is 8.28. The molecule has 0 aromatic carbocycles. The van der Waals surface area contributed by atoms with Gasteiger partial charge in [0.15, 0.2) is 0 Å². The van der Waals surface area contributed by atoms with E-state index in [0.29, 0.717) is 6.04 Å². The zero-order valence-corrected chi connectivity index (χ0v) is 13.5. The maximum absolute atomic E-state index is 3.63. The predicted octanol–water partition coefficient (Wildman–Crippen LogP) is 4.86. The first-order valence-electron chi connectivity index (χ1n) is 6.62. The van der Waals surface area contributed by atoms with Crippen molar-refractivity contribution in [1.29, 1.82) is 0 Å². The number of likely N-dealkylation sites (N-methyl/N-ethyl adjacent to an activating group) is 1. The van der Waals surface area contributed by atoms with E-state index >= 15 is 0 Å². The van der Waals surface area contributed by atoms with Crippen LogP contribution in [0.15, 0.2) is 15.9 Å². The number of unbranched alkanes of at least 4 members (excludes halogenated alkanes) is 1. The first kappa shape index (κ1) is 15.2. The molecule has 0 saturated carbocycles. The van der Waals surface area contributed by atoms with Gasteiger partial charge in [0, 0.05) is 15.4 Å². The van der Waals surface area contributed by atoms with Gasteiger partial charge >= 0.3 is 0 Å². The summed E-state index contributed by atoms with van der Waals surface area (Å²) in [7, 11) is 2.10. The molecule has 0 amide bonds. The van der Waals surface area contributed by atoms with E-state index in [-0.39, 0.29) is 0 Å². The van der Waals surface area contributed by atoms with Gasteiger partial charge in [0.25, 0.3) is 0 Å². The first-order valence-corrected chi connectivity index (χ1v) is 8.29. The smallest absolute Gasteiger partial charge is 0.0314 e. The van der Waals surface area contributed by atoms with E-state index < -0.39 is 0 Å². The lowest BCUT2D eigenvalue weighted by atomic mass is 9.89. The van der Waals surface area contributed by atoms with Crippen LogP contribution in [0.3, 0.4) is 0 Å². The number of hydrogen-bond donors (Lipinski definition) is 1. The van der Waals surface area contributed by atoms with Crippen LogP contribution in [0.4, 0.5) is 0 Å². The summed E-state index contributed by atoms with van der Waals surface area (Å²) >= 11 is 5.49. The van der Waals surface area contributed by atoms with Crippen LogP contribution >= 0.6 is 27.3 Å². The molecule has 17 heavy (non-hydrogen) atoms. The first-order chi connectivity index (χ1) is 8.22. The van der Waals surface area contributed by atoms with Crippen molar-refractivity contribution in [2.24, 2.45) is 5.92 Å². The highest BCUT2D eigenvalue weighted by Crippen LogP contribution is 2.27. The molecule has 1 nitrogen and oxygen atoms in total. The van der Waals surface area contributed by atoms with Crippen LogP contribution in [-0.2, 0) is 6.42 Å². The van der Waals surface area contributed by atoms with Gasteiger partial charge < -0.3 is 5.32 Å². The topological polar surface area (TPSA) is 12.0 Å². The molecule has 1 N–H and O–H groups in total. The third-order valence-electron chi connectivity index (χ3n) is 3.49.